The van der Waals surface area contributed by atoms with Crippen molar-refractivity contribution in [1.82, 2.24) is 0 Å². The third-order valence-electron chi connectivity index (χ3n) is 1.73. The van der Waals surface area contributed by atoms with Crippen LogP contribution in [0.4, 0.5) is 0 Å². The van der Waals surface area contributed by atoms with Gasteiger partial charge in [0.15, 0.2) is 11.5 Å². The molecule has 0 saturated carbocycles. The molecule has 0 atom stereocenters. The van der Waals surface area contributed by atoms with E-state index in [4.69, 9.17) is 9.78 Å². The van der Waals surface area contributed by atoms with E-state index in [9.17, 15) is 0 Å². The second kappa shape index (κ2) is 3.30. The van der Waals surface area contributed by atoms with Crippen LogP contribution < -0.4 is 0 Å². The fourth-order valence-electron chi connectivity index (χ4n) is 1.09. The van der Waals surface area contributed by atoms with Crippen molar-refractivity contribution in [2.24, 2.45) is 0 Å². The summed E-state index contributed by atoms with van der Waals surface area (Å²) in [6.07, 6.45) is 13.5. The first-order chi connectivity index (χ1) is 5.95. The Morgan fingerprint density at radius 1 is 0.833 bits per heavy atom. The van der Waals surface area contributed by atoms with Gasteiger partial charge in [0.05, 0.1) is 0 Å². The van der Waals surface area contributed by atoms with Gasteiger partial charge in [-0.1, -0.05) is 24.3 Å². The molecule has 0 bridgehead atoms. The molecule has 2 aliphatic rings. The van der Waals surface area contributed by atoms with E-state index in [1.54, 1.807) is 0 Å². The fraction of sp³-hybridized carbons (Fsp3) is 0.200. The summed E-state index contributed by atoms with van der Waals surface area (Å²) in [4.78, 5) is 10.2. The zero-order valence-electron chi connectivity index (χ0n) is 6.69. The fourth-order valence-corrected chi connectivity index (χ4v) is 1.09. The van der Waals surface area contributed by atoms with Gasteiger partial charge in [0, 0.05) is 12.8 Å². The number of rotatable bonds is 3. The van der Waals surface area contributed by atoms with Gasteiger partial charge in [-0.05, 0) is 12.2 Å². The quantitative estimate of drug-likeness (QED) is 0.469. The molecule has 0 heterocycles. The Morgan fingerprint density at radius 3 is 1.67 bits per heavy atom. The predicted molar refractivity (Wildman–Crippen MR) is 45.9 cm³/mol. The van der Waals surface area contributed by atoms with Gasteiger partial charge < -0.3 is 0 Å². The molecule has 0 radical (unpaired) electrons. The second-order valence-electron chi connectivity index (χ2n) is 2.70. The molecule has 0 saturated heterocycles. The van der Waals surface area contributed by atoms with Crippen LogP contribution in [-0.4, -0.2) is 0 Å². The standard InChI is InChI=1S/C10H10O2/c1-2-6-9(5-1)11-12-10-7-3-4-8-10/h1-5,7H,6,8H2. The molecule has 0 aliphatic heterocycles. The van der Waals surface area contributed by atoms with Crippen LogP contribution >= 0.6 is 0 Å². The summed E-state index contributed by atoms with van der Waals surface area (Å²) in [6.45, 7) is 0. The monoisotopic (exact) mass is 162 g/mol. The topological polar surface area (TPSA) is 18.5 Å². The van der Waals surface area contributed by atoms with Crippen LogP contribution in [0.1, 0.15) is 12.8 Å². The van der Waals surface area contributed by atoms with E-state index in [1.807, 2.05) is 36.5 Å². The Labute approximate surface area is 71.4 Å². The number of allylic oxidation sites excluding steroid dienone is 6. The van der Waals surface area contributed by atoms with E-state index in [0.29, 0.717) is 0 Å². The van der Waals surface area contributed by atoms with E-state index < -0.39 is 0 Å². The Morgan fingerprint density at radius 2 is 1.33 bits per heavy atom. The lowest BCUT2D eigenvalue weighted by Crippen LogP contribution is -1.91. The molecule has 12 heavy (non-hydrogen) atoms. The minimum Gasteiger partial charge on any atom is -0.295 e. The van der Waals surface area contributed by atoms with Crippen LogP contribution in [0.25, 0.3) is 0 Å². The van der Waals surface area contributed by atoms with E-state index in [-0.39, 0.29) is 0 Å². The van der Waals surface area contributed by atoms with Crippen molar-refractivity contribution in [1.29, 1.82) is 0 Å². The van der Waals surface area contributed by atoms with E-state index in [0.717, 1.165) is 24.4 Å². The molecule has 62 valence electrons. The van der Waals surface area contributed by atoms with Crippen LogP contribution in [0.2, 0.25) is 0 Å². The SMILES string of the molecule is C1=CCC(OOC2=CC=CC2)=C1. The maximum absolute atomic E-state index is 5.08. The van der Waals surface area contributed by atoms with Crippen LogP contribution in [0, 0.1) is 0 Å². The smallest absolute Gasteiger partial charge is 0.159 e. The molecule has 0 fully saturated rings. The molecule has 2 rings (SSSR count). The largest absolute Gasteiger partial charge is 0.295 e. The van der Waals surface area contributed by atoms with Gasteiger partial charge in [-0.3, -0.25) is 9.78 Å². The average Bonchev–Trinajstić information content (AvgIpc) is 2.74. The van der Waals surface area contributed by atoms with Crippen molar-refractivity contribution in [3.63, 3.8) is 0 Å². The molecule has 2 nitrogen and oxygen atoms in total. The Hall–Kier alpha value is -1.44. The van der Waals surface area contributed by atoms with Gasteiger partial charge in [0.2, 0.25) is 0 Å². The molecule has 2 aliphatic carbocycles. The first-order valence-corrected chi connectivity index (χ1v) is 4.01. The molecule has 0 N–H and O–H groups in total. The first-order valence-electron chi connectivity index (χ1n) is 4.01. The second-order valence-corrected chi connectivity index (χ2v) is 2.70. The van der Waals surface area contributed by atoms with Gasteiger partial charge in [-0.25, -0.2) is 0 Å². The van der Waals surface area contributed by atoms with Crippen LogP contribution in [0.5, 0.6) is 0 Å². The van der Waals surface area contributed by atoms with Gasteiger partial charge in [0.1, 0.15) is 0 Å². The van der Waals surface area contributed by atoms with Crippen molar-refractivity contribution in [3.05, 3.63) is 48.0 Å². The number of hydrogen-bond donors (Lipinski definition) is 0. The Bertz CT molecular complexity index is 252. The van der Waals surface area contributed by atoms with Crippen molar-refractivity contribution in [2.45, 2.75) is 12.8 Å². The molecular weight excluding hydrogens is 152 g/mol. The third-order valence-corrected chi connectivity index (χ3v) is 1.73. The summed E-state index contributed by atoms with van der Waals surface area (Å²) < 4.78 is 0. The highest BCUT2D eigenvalue weighted by atomic mass is 17.2. The molecule has 0 aromatic heterocycles. The lowest BCUT2D eigenvalue weighted by atomic mass is 10.4. The van der Waals surface area contributed by atoms with Crippen molar-refractivity contribution < 1.29 is 9.78 Å². The summed E-state index contributed by atoms with van der Waals surface area (Å²) >= 11 is 0. The van der Waals surface area contributed by atoms with Crippen LogP contribution in [-0.2, 0) is 9.78 Å². The minimum absolute atomic E-state index is 0.834. The van der Waals surface area contributed by atoms with E-state index in [1.165, 1.54) is 0 Å². The first kappa shape index (κ1) is 7.22. The lowest BCUT2D eigenvalue weighted by Gasteiger charge is -2.05. The van der Waals surface area contributed by atoms with Crippen molar-refractivity contribution in [2.75, 3.05) is 0 Å². The predicted octanol–water partition coefficient (Wildman–Crippen LogP) is 2.62. The normalized spacial score (nSPS) is 19.3. The summed E-state index contributed by atoms with van der Waals surface area (Å²) in [7, 11) is 0. The maximum atomic E-state index is 5.08. The summed E-state index contributed by atoms with van der Waals surface area (Å²) in [5.74, 6) is 1.73. The summed E-state index contributed by atoms with van der Waals surface area (Å²) in [5.41, 5.74) is 0. The third kappa shape index (κ3) is 1.59. The summed E-state index contributed by atoms with van der Waals surface area (Å²) in [5, 5.41) is 0. The van der Waals surface area contributed by atoms with Crippen LogP contribution in [0.3, 0.4) is 0 Å². The maximum Gasteiger partial charge on any atom is 0.159 e. The minimum atomic E-state index is 0.834. The molecule has 2 heteroatoms. The van der Waals surface area contributed by atoms with E-state index in [2.05, 4.69) is 0 Å². The molecule has 0 aromatic carbocycles. The average molecular weight is 162 g/mol. The molecular formula is C10H10O2. The molecule has 0 aromatic rings. The zero-order chi connectivity index (χ0) is 8.23. The highest BCUT2D eigenvalue weighted by Crippen LogP contribution is 2.17. The van der Waals surface area contributed by atoms with Crippen molar-refractivity contribution in [3.8, 4) is 0 Å². The van der Waals surface area contributed by atoms with Gasteiger partial charge in [-0.2, -0.15) is 0 Å². The number of hydrogen-bond acceptors (Lipinski definition) is 2. The van der Waals surface area contributed by atoms with Gasteiger partial charge in [0.25, 0.3) is 0 Å². The zero-order valence-corrected chi connectivity index (χ0v) is 6.69. The highest BCUT2D eigenvalue weighted by Gasteiger charge is 2.05. The lowest BCUT2D eigenvalue weighted by molar-refractivity contribution is -0.227. The van der Waals surface area contributed by atoms with Gasteiger partial charge in [-0.15, -0.1) is 0 Å². The van der Waals surface area contributed by atoms with E-state index >= 15 is 0 Å². The molecule has 0 unspecified atom stereocenters. The molecule has 0 spiro atoms. The van der Waals surface area contributed by atoms with Gasteiger partial charge >= 0.3 is 0 Å². The highest BCUT2D eigenvalue weighted by molar-refractivity contribution is 5.19. The summed E-state index contributed by atoms with van der Waals surface area (Å²) in [6, 6.07) is 0. The van der Waals surface area contributed by atoms with Crippen LogP contribution in [0.15, 0.2) is 48.0 Å². The van der Waals surface area contributed by atoms with Crippen molar-refractivity contribution >= 4 is 0 Å². The molecule has 0 amide bonds. The Kier molecular flexibility index (Phi) is 1.99. The Balaban J connectivity index is 1.75.